The van der Waals surface area contributed by atoms with Crippen molar-refractivity contribution in [1.82, 2.24) is 5.32 Å². The SMILES string of the molecule is O=C(CN1CCc2ccccc21)Nc1ccc(C(=O)NCc2ccccc2)cc1. The summed E-state index contributed by atoms with van der Waals surface area (Å²) < 4.78 is 0. The molecular formula is C24H23N3O2. The number of carbonyl (C=O) groups is 2. The van der Waals surface area contributed by atoms with Gasteiger partial charge in [-0.25, -0.2) is 0 Å². The van der Waals surface area contributed by atoms with Crippen LogP contribution in [0.15, 0.2) is 78.9 Å². The van der Waals surface area contributed by atoms with Crippen LogP contribution in [0.3, 0.4) is 0 Å². The smallest absolute Gasteiger partial charge is 0.251 e. The largest absolute Gasteiger partial charge is 0.362 e. The van der Waals surface area contributed by atoms with Crippen LogP contribution in [0.5, 0.6) is 0 Å². The number of anilines is 2. The second-order valence-electron chi connectivity index (χ2n) is 7.09. The standard InChI is InChI=1S/C24H23N3O2/c28-23(17-27-15-14-19-8-4-5-9-22(19)27)26-21-12-10-20(11-13-21)24(29)25-16-18-6-2-1-3-7-18/h1-13H,14-17H2,(H,25,29)(H,26,28). The molecule has 1 aliphatic heterocycles. The molecule has 0 bridgehead atoms. The van der Waals surface area contributed by atoms with Crippen LogP contribution in [0.4, 0.5) is 11.4 Å². The third-order valence-electron chi connectivity index (χ3n) is 5.04. The fourth-order valence-electron chi connectivity index (χ4n) is 3.53. The van der Waals surface area contributed by atoms with E-state index >= 15 is 0 Å². The fourth-order valence-corrected chi connectivity index (χ4v) is 3.53. The summed E-state index contributed by atoms with van der Waals surface area (Å²) in [7, 11) is 0. The molecule has 146 valence electrons. The summed E-state index contributed by atoms with van der Waals surface area (Å²) in [6.45, 7) is 1.65. The highest BCUT2D eigenvalue weighted by Gasteiger charge is 2.20. The van der Waals surface area contributed by atoms with Crippen LogP contribution < -0.4 is 15.5 Å². The third-order valence-corrected chi connectivity index (χ3v) is 5.04. The zero-order valence-electron chi connectivity index (χ0n) is 16.1. The number of carbonyl (C=O) groups excluding carboxylic acids is 2. The highest BCUT2D eigenvalue weighted by molar-refractivity contribution is 5.97. The zero-order valence-corrected chi connectivity index (χ0v) is 16.1. The molecule has 0 saturated carbocycles. The van der Waals surface area contributed by atoms with Crippen LogP contribution in [0.2, 0.25) is 0 Å². The van der Waals surface area contributed by atoms with E-state index in [1.165, 1.54) is 5.56 Å². The summed E-state index contributed by atoms with van der Waals surface area (Å²) in [5.74, 6) is -0.205. The van der Waals surface area contributed by atoms with Gasteiger partial charge in [0.2, 0.25) is 5.91 Å². The molecule has 5 nitrogen and oxygen atoms in total. The van der Waals surface area contributed by atoms with Crippen LogP contribution >= 0.6 is 0 Å². The first-order chi connectivity index (χ1) is 14.2. The Morgan fingerprint density at radius 2 is 1.59 bits per heavy atom. The van der Waals surface area contributed by atoms with Gasteiger partial charge >= 0.3 is 0 Å². The molecule has 0 unspecified atom stereocenters. The third kappa shape index (κ3) is 4.63. The molecule has 0 aliphatic carbocycles. The molecule has 1 aliphatic rings. The van der Waals surface area contributed by atoms with Crippen molar-refractivity contribution in [3.8, 4) is 0 Å². The molecular weight excluding hydrogens is 362 g/mol. The fraction of sp³-hybridized carbons (Fsp3) is 0.167. The van der Waals surface area contributed by atoms with Gasteiger partial charge in [0.25, 0.3) is 5.91 Å². The van der Waals surface area contributed by atoms with Crippen LogP contribution in [0, 0.1) is 0 Å². The number of para-hydroxylation sites is 1. The van der Waals surface area contributed by atoms with Crippen molar-refractivity contribution in [2.75, 3.05) is 23.3 Å². The Morgan fingerprint density at radius 3 is 2.38 bits per heavy atom. The summed E-state index contributed by atoms with van der Waals surface area (Å²) in [6, 6.07) is 24.9. The first-order valence-electron chi connectivity index (χ1n) is 9.74. The minimum atomic E-state index is -0.139. The van der Waals surface area contributed by atoms with E-state index in [1.807, 2.05) is 42.5 Å². The first-order valence-corrected chi connectivity index (χ1v) is 9.74. The molecule has 0 aromatic heterocycles. The topological polar surface area (TPSA) is 61.4 Å². The van der Waals surface area contributed by atoms with Crippen LogP contribution in [-0.4, -0.2) is 24.9 Å². The second-order valence-corrected chi connectivity index (χ2v) is 7.09. The molecule has 3 aromatic rings. The lowest BCUT2D eigenvalue weighted by Gasteiger charge is -2.18. The summed E-state index contributed by atoms with van der Waals surface area (Å²) in [6.07, 6.45) is 0.968. The number of nitrogens with zero attached hydrogens (tertiary/aromatic N) is 1. The van der Waals surface area contributed by atoms with Gasteiger partial charge in [-0.05, 0) is 47.9 Å². The lowest BCUT2D eigenvalue weighted by atomic mass is 10.1. The zero-order chi connectivity index (χ0) is 20.1. The highest BCUT2D eigenvalue weighted by atomic mass is 16.2. The predicted molar refractivity (Wildman–Crippen MR) is 115 cm³/mol. The van der Waals surface area contributed by atoms with Crippen molar-refractivity contribution in [1.29, 1.82) is 0 Å². The van der Waals surface area contributed by atoms with E-state index in [2.05, 4.69) is 27.7 Å². The van der Waals surface area contributed by atoms with E-state index < -0.39 is 0 Å². The maximum Gasteiger partial charge on any atom is 0.251 e. The van der Waals surface area contributed by atoms with Crippen molar-refractivity contribution in [2.24, 2.45) is 0 Å². The summed E-state index contributed by atoms with van der Waals surface area (Å²) >= 11 is 0. The highest BCUT2D eigenvalue weighted by Crippen LogP contribution is 2.27. The molecule has 0 radical (unpaired) electrons. The second kappa shape index (κ2) is 8.61. The Morgan fingerprint density at radius 1 is 0.862 bits per heavy atom. The van der Waals surface area contributed by atoms with Gasteiger partial charge in [-0.1, -0.05) is 48.5 Å². The molecule has 2 N–H and O–H groups in total. The van der Waals surface area contributed by atoms with E-state index in [9.17, 15) is 9.59 Å². The maximum atomic E-state index is 12.4. The van der Waals surface area contributed by atoms with Gasteiger partial charge in [-0.3, -0.25) is 9.59 Å². The average Bonchev–Trinajstić information content (AvgIpc) is 3.16. The van der Waals surface area contributed by atoms with E-state index in [-0.39, 0.29) is 11.8 Å². The Balaban J connectivity index is 1.30. The number of rotatable bonds is 6. The minimum Gasteiger partial charge on any atom is -0.362 e. The van der Waals surface area contributed by atoms with Crippen molar-refractivity contribution >= 4 is 23.2 Å². The Bertz CT molecular complexity index is 1000. The van der Waals surface area contributed by atoms with E-state index in [0.29, 0.717) is 24.3 Å². The number of hydrogen-bond donors (Lipinski definition) is 2. The van der Waals surface area contributed by atoms with Crippen molar-refractivity contribution < 1.29 is 9.59 Å². The molecule has 5 heteroatoms. The maximum absolute atomic E-state index is 12.4. The van der Waals surface area contributed by atoms with Gasteiger partial charge in [-0.15, -0.1) is 0 Å². The van der Waals surface area contributed by atoms with E-state index in [1.54, 1.807) is 24.3 Å². The molecule has 4 rings (SSSR count). The Hall–Kier alpha value is -3.60. The lowest BCUT2D eigenvalue weighted by Crippen LogP contribution is -2.31. The first kappa shape index (κ1) is 18.7. The number of fused-ring (bicyclic) bond motifs is 1. The summed E-state index contributed by atoms with van der Waals surface area (Å²) in [5.41, 5.74) is 4.71. The van der Waals surface area contributed by atoms with Crippen molar-refractivity contribution in [3.63, 3.8) is 0 Å². The normalized spacial score (nSPS) is 12.3. The van der Waals surface area contributed by atoms with E-state index in [4.69, 9.17) is 0 Å². The summed E-state index contributed by atoms with van der Waals surface area (Å²) in [5, 5.41) is 5.81. The van der Waals surface area contributed by atoms with Gasteiger partial charge in [0, 0.05) is 30.0 Å². The van der Waals surface area contributed by atoms with Gasteiger partial charge in [0.1, 0.15) is 0 Å². The van der Waals surface area contributed by atoms with Crippen LogP contribution in [0.25, 0.3) is 0 Å². The van der Waals surface area contributed by atoms with Gasteiger partial charge in [0.15, 0.2) is 0 Å². The number of nitrogens with one attached hydrogen (secondary N) is 2. The molecule has 0 fully saturated rings. The monoisotopic (exact) mass is 385 g/mol. The number of amides is 2. The quantitative estimate of drug-likeness (QED) is 0.681. The van der Waals surface area contributed by atoms with Gasteiger partial charge in [0.05, 0.1) is 6.54 Å². The van der Waals surface area contributed by atoms with Crippen LogP contribution in [0.1, 0.15) is 21.5 Å². The Labute approximate surface area is 170 Å². The van der Waals surface area contributed by atoms with Gasteiger partial charge in [-0.2, -0.15) is 0 Å². The lowest BCUT2D eigenvalue weighted by molar-refractivity contribution is -0.115. The predicted octanol–water partition coefficient (Wildman–Crippen LogP) is 3.62. The molecule has 1 heterocycles. The molecule has 0 saturated heterocycles. The molecule has 2 amide bonds. The molecule has 3 aromatic carbocycles. The molecule has 0 atom stereocenters. The number of benzene rings is 3. The minimum absolute atomic E-state index is 0.0667. The van der Waals surface area contributed by atoms with Crippen molar-refractivity contribution in [2.45, 2.75) is 13.0 Å². The van der Waals surface area contributed by atoms with Gasteiger partial charge < -0.3 is 15.5 Å². The molecule has 29 heavy (non-hydrogen) atoms. The number of hydrogen-bond acceptors (Lipinski definition) is 3. The Kier molecular flexibility index (Phi) is 5.56. The van der Waals surface area contributed by atoms with Crippen molar-refractivity contribution in [3.05, 3.63) is 95.6 Å². The molecule has 0 spiro atoms. The van der Waals surface area contributed by atoms with E-state index in [0.717, 1.165) is 24.2 Å². The summed E-state index contributed by atoms with van der Waals surface area (Å²) in [4.78, 5) is 26.8. The van der Waals surface area contributed by atoms with Crippen LogP contribution in [-0.2, 0) is 17.8 Å². The average molecular weight is 385 g/mol.